The Bertz CT molecular complexity index is 863. The van der Waals surface area contributed by atoms with Crippen LogP contribution in [0, 0.1) is 10.1 Å². The number of carbonyl (C=O) groups is 2. The molecule has 3 rings (SSSR count). The predicted molar refractivity (Wildman–Crippen MR) is 119 cm³/mol. The molecule has 9 nitrogen and oxygen atoms in total. The first-order chi connectivity index (χ1) is 15.4. The summed E-state index contributed by atoms with van der Waals surface area (Å²) in [5, 5.41) is 13.9. The minimum Gasteiger partial charge on any atom is -0.452 e. The quantitative estimate of drug-likeness (QED) is 0.272. The molecule has 1 amide bonds. The van der Waals surface area contributed by atoms with Gasteiger partial charge in [0.05, 0.1) is 18.1 Å². The van der Waals surface area contributed by atoms with Gasteiger partial charge in [-0.2, -0.15) is 0 Å². The molecule has 1 N–H and O–H groups in total. The van der Waals surface area contributed by atoms with Gasteiger partial charge in [-0.1, -0.05) is 36.9 Å². The fourth-order valence-electron chi connectivity index (χ4n) is 4.29. The monoisotopic (exact) mass is 465 g/mol. The van der Waals surface area contributed by atoms with E-state index < -0.39 is 10.9 Å². The number of nitro groups is 1. The van der Waals surface area contributed by atoms with Crippen LogP contribution in [0.3, 0.4) is 0 Å². The van der Waals surface area contributed by atoms with E-state index in [2.05, 4.69) is 10.2 Å². The predicted octanol–water partition coefficient (Wildman–Crippen LogP) is 2.96. The number of benzene rings is 1. The van der Waals surface area contributed by atoms with Crippen LogP contribution in [-0.4, -0.2) is 66.7 Å². The Balaban J connectivity index is 1.48. The smallest absolute Gasteiger partial charge is 0.331 e. The zero-order valence-corrected chi connectivity index (χ0v) is 18.6. The lowest BCUT2D eigenvalue weighted by Gasteiger charge is -2.48. The van der Waals surface area contributed by atoms with Crippen LogP contribution < -0.4 is 5.32 Å². The van der Waals surface area contributed by atoms with Crippen LogP contribution in [0.4, 0.5) is 5.69 Å². The van der Waals surface area contributed by atoms with Gasteiger partial charge in [0.1, 0.15) is 5.02 Å². The first kappa shape index (κ1) is 24.2. The fraction of sp³-hybridized carbons (Fsp3) is 0.545. The van der Waals surface area contributed by atoms with Crippen molar-refractivity contribution in [2.45, 2.75) is 37.6 Å². The first-order valence-electron chi connectivity index (χ1n) is 10.8. The molecule has 1 heterocycles. The molecule has 0 radical (unpaired) electrons. The number of hydrogen-bond donors (Lipinski definition) is 1. The van der Waals surface area contributed by atoms with E-state index in [-0.39, 0.29) is 28.8 Å². The average Bonchev–Trinajstić information content (AvgIpc) is 2.82. The largest absolute Gasteiger partial charge is 0.452 e. The van der Waals surface area contributed by atoms with Crippen molar-refractivity contribution in [3.05, 3.63) is 45.0 Å². The highest BCUT2D eigenvalue weighted by Crippen LogP contribution is 2.33. The van der Waals surface area contributed by atoms with Gasteiger partial charge < -0.3 is 14.8 Å². The normalized spacial score (nSPS) is 18.9. The topological polar surface area (TPSA) is 111 Å². The number of nitrogens with one attached hydrogen (secondary N) is 1. The second kappa shape index (κ2) is 11.4. The number of nitrogens with zero attached hydrogens (tertiary/aromatic N) is 2. The van der Waals surface area contributed by atoms with E-state index in [1.54, 1.807) is 6.07 Å². The van der Waals surface area contributed by atoms with E-state index in [0.29, 0.717) is 25.3 Å². The summed E-state index contributed by atoms with van der Waals surface area (Å²) in [4.78, 5) is 37.0. The van der Waals surface area contributed by atoms with Crippen LogP contribution in [0.1, 0.15) is 37.7 Å². The number of esters is 1. The van der Waals surface area contributed by atoms with Crippen LogP contribution in [0.25, 0.3) is 6.08 Å². The molecule has 1 aliphatic heterocycles. The minimum atomic E-state index is -0.710. The minimum absolute atomic E-state index is 0.0132. The molecule has 1 aromatic rings. The Labute approximate surface area is 191 Å². The molecular weight excluding hydrogens is 438 g/mol. The standard InChI is InChI=1S/C22H28ClN3O6/c23-18-6-4-17(14-19(18)26(29)30)5-7-21(28)32-15-20(27)24-16-22(8-2-1-3-9-22)25-10-12-31-13-11-25/h4-7,14H,1-3,8-13,15-16H2,(H,24,27). The fourth-order valence-corrected chi connectivity index (χ4v) is 4.48. The number of nitro benzene ring substituents is 1. The summed E-state index contributed by atoms with van der Waals surface area (Å²) in [5.74, 6) is -1.06. The molecule has 1 saturated carbocycles. The zero-order chi connectivity index (χ0) is 23.0. The third-order valence-electron chi connectivity index (χ3n) is 6.01. The average molecular weight is 466 g/mol. The molecule has 1 aliphatic carbocycles. The first-order valence-corrected chi connectivity index (χ1v) is 11.2. The number of halogens is 1. The third kappa shape index (κ3) is 6.51. The van der Waals surface area contributed by atoms with Crippen molar-refractivity contribution in [2.24, 2.45) is 0 Å². The van der Waals surface area contributed by atoms with Crippen molar-refractivity contribution in [2.75, 3.05) is 39.5 Å². The van der Waals surface area contributed by atoms with Gasteiger partial charge >= 0.3 is 5.97 Å². The summed E-state index contributed by atoms with van der Waals surface area (Å²) < 4.78 is 10.5. The van der Waals surface area contributed by atoms with Gasteiger partial charge in [0, 0.05) is 37.3 Å². The van der Waals surface area contributed by atoms with Crippen molar-refractivity contribution in [3.8, 4) is 0 Å². The van der Waals surface area contributed by atoms with Crippen molar-refractivity contribution >= 4 is 35.2 Å². The van der Waals surface area contributed by atoms with Crippen molar-refractivity contribution in [1.29, 1.82) is 0 Å². The Hall–Kier alpha value is -2.49. The highest BCUT2D eigenvalue weighted by atomic mass is 35.5. The summed E-state index contributed by atoms with van der Waals surface area (Å²) >= 11 is 5.77. The van der Waals surface area contributed by atoms with E-state index in [1.807, 2.05) is 0 Å². The molecule has 0 spiro atoms. The number of carbonyl (C=O) groups excluding carboxylic acids is 2. The lowest BCUT2D eigenvalue weighted by atomic mass is 9.79. The Kier molecular flexibility index (Phi) is 8.60. The lowest BCUT2D eigenvalue weighted by Crippen LogP contribution is -2.59. The van der Waals surface area contributed by atoms with Gasteiger partial charge in [-0.25, -0.2) is 4.79 Å². The maximum Gasteiger partial charge on any atom is 0.331 e. The van der Waals surface area contributed by atoms with Gasteiger partial charge in [-0.3, -0.25) is 19.8 Å². The molecule has 0 unspecified atom stereocenters. The molecule has 32 heavy (non-hydrogen) atoms. The van der Waals surface area contributed by atoms with E-state index in [9.17, 15) is 19.7 Å². The summed E-state index contributed by atoms with van der Waals surface area (Å²) in [6, 6.07) is 4.18. The summed E-state index contributed by atoms with van der Waals surface area (Å²) in [6.45, 7) is 3.26. The molecule has 2 aliphatic rings. The van der Waals surface area contributed by atoms with E-state index in [1.165, 1.54) is 24.6 Å². The number of hydrogen-bond acceptors (Lipinski definition) is 7. The van der Waals surface area contributed by atoms with E-state index in [0.717, 1.165) is 44.8 Å². The molecule has 10 heteroatoms. The van der Waals surface area contributed by atoms with Crippen molar-refractivity contribution in [1.82, 2.24) is 10.2 Å². The Morgan fingerprint density at radius 3 is 2.66 bits per heavy atom. The Morgan fingerprint density at radius 1 is 1.25 bits per heavy atom. The molecular formula is C22H28ClN3O6. The van der Waals surface area contributed by atoms with Gasteiger partial charge in [0.25, 0.3) is 11.6 Å². The van der Waals surface area contributed by atoms with Crippen LogP contribution in [0.15, 0.2) is 24.3 Å². The SMILES string of the molecule is O=C(COC(=O)C=Cc1ccc(Cl)c([N+](=O)[O-])c1)NCC1(N2CCOCC2)CCCCC1. The van der Waals surface area contributed by atoms with E-state index >= 15 is 0 Å². The number of amides is 1. The maximum atomic E-state index is 12.3. The van der Waals surface area contributed by atoms with Gasteiger partial charge in [0.2, 0.25) is 0 Å². The second-order valence-corrected chi connectivity index (χ2v) is 8.48. The molecule has 174 valence electrons. The molecule has 0 bridgehead atoms. The van der Waals surface area contributed by atoms with Crippen LogP contribution in [0.2, 0.25) is 5.02 Å². The second-order valence-electron chi connectivity index (χ2n) is 8.07. The highest BCUT2D eigenvalue weighted by Gasteiger charge is 2.38. The van der Waals surface area contributed by atoms with Gasteiger partial charge in [-0.05, 0) is 30.5 Å². The van der Waals surface area contributed by atoms with Crippen LogP contribution in [0.5, 0.6) is 0 Å². The van der Waals surface area contributed by atoms with Crippen molar-refractivity contribution < 1.29 is 24.0 Å². The molecule has 0 atom stereocenters. The van der Waals surface area contributed by atoms with Crippen molar-refractivity contribution in [3.63, 3.8) is 0 Å². The molecule has 1 saturated heterocycles. The van der Waals surface area contributed by atoms with Gasteiger partial charge in [0.15, 0.2) is 6.61 Å². The highest BCUT2D eigenvalue weighted by molar-refractivity contribution is 6.32. The summed E-state index contributed by atoms with van der Waals surface area (Å²) in [5.41, 5.74) is 0.107. The molecule has 0 aromatic heterocycles. The summed E-state index contributed by atoms with van der Waals surface area (Å²) in [7, 11) is 0. The molecule has 2 fully saturated rings. The number of rotatable bonds is 8. The van der Waals surface area contributed by atoms with Crippen LogP contribution >= 0.6 is 11.6 Å². The van der Waals surface area contributed by atoms with Crippen LogP contribution in [-0.2, 0) is 19.1 Å². The van der Waals surface area contributed by atoms with E-state index in [4.69, 9.17) is 21.1 Å². The number of ether oxygens (including phenoxy) is 2. The summed E-state index contributed by atoms with van der Waals surface area (Å²) in [6.07, 6.45) is 8.04. The Morgan fingerprint density at radius 2 is 1.97 bits per heavy atom. The number of morpholine rings is 1. The van der Waals surface area contributed by atoms with Gasteiger partial charge in [-0.15, -0.1) is 0 Å². The lowest BCUT2D eigenvalue weighted by molar-refractivity contribution is -0.384. The molecule has 1 aromatic carbocycles. The maximum absolute atomic E-state index is 12.3. The third-order valence-corrected chi connectivity index (χ3v) is 6.32. The zero-order valence-electron chi connectivity index (χ0n) is 17.9.